The zero-order valence-corrected chi connectivity index (χ0v) is 9.86. The van der Waals surface area contributed by atoms with Gasteiger partial charge in [-0.3, -0.25) is 0 Å². The van der Waals surface area contributed by atoms with Crippen LogP contribution in [-0.4, -0.2) is 24.1 Å². The van der Waals surface area contributed by atoms with E-state index in [4.69, 9.17) is 9.47 Å². The van der Waals surface area contributed by atoms with Crippen molar-refractivity contribution in [2.75, 3.05) is 13.9 Å². The molecule has 0 spiro atoms. The van der Waals surface area contributed by atoms with Crippen LogP contribution >= 0.6 is 0 Å². The number of methoxy groups -OCH3 is 1. The first kappa shape index (κ1) is 13.0. The Bertz CT molecular complexity index is 341. The van der Waals surface area contributed by atoms with Crippen molar-refractivity contribution < 1.29 is 19.7 Å². The summed E-state index contributed by atoms with van der Waals surface area (Å²) < 4.78 is 10.2. The quantitative estimate of drug-likeness (QED) is 0.745. The van der Waals surface area contributed by atoms with Crippen LogP contribution in [0, 0.1) is 0 Å². The van der Waals surface area contributed by atoms with E-state index in [0.29, 0.717) is 16.9 Å². The lowest BCUT2D eigenvalue weighted by Gasteiger charge is -2.24. The summed E-state index contributed by atoms with van der Waals surface area (Å²) in [7, 11) is 1.53. The summed E-state index contributed by atoms with van der Waals surface area (Å²) in [5.74, 6) is 0.529. The van der Waals surface area contributed by atoms with E-state index in [2.05, 4.69) is 0 Å². The molecule has 1 rings (SSSR count). The van der Waals surface area contributed by atoms with Crippen LogP contribution in [0.2, 0.25) is 0 Å². The first-order chi connectivity index (χ1) is 7.50. The van der Waals surface area contributed by atoms with Crippen molar-refractivity contribution in [1.82, 2.24) is 0 Å². The number of aliphatic hydroxyl groups excluding tert-OH is 1. The zero-order chi connectivity index (χ0) is 12.2. The van der Waals surface area contributed by atoms with Crippen LogP contribution in [0.1, 0.15) is 25.0 Å². The molecule has 0 amide bonds. The topological polar surface area (TPSA) is 58.9 Å². The van der Waals surface area contributed by atoms with E-state index in [1.165, 1.54) is 7.11 Å². The van der Waals surface area contributed by atoms with Crippen LogP contribution in [0.25, 0.3) is 0 Å². The van der Waals surface area contributed by atoms with Crippen molar-refractivity contribution in [1.29, 1.82) is 0 Å². The second kappa shape index (κ2) is 5.30. The van der Waals surface area contributed by atoms with E-state index in [1.807, 2.05) is 0 Å². The van der Waals surface area contributed by atoms with Crippen LogP contribution in [0.5, 0.6) is 5.75 Å². The fraction of sp³-hybridized carbons (Fsp3) is 0.500. The molecule has 90 valence electrons. The SMILES string of the molecule is COCOc1cccc(CO)c1C(C)(C)O. The summed E-state index contributed by atoms with van der Waals surface area (Å²) in [6.07, 6.45) is 0. The lowest BCUT2D eigenvalue weighted by Crippen LogP contribution is -2.20. The monoisotopic (exact) mass is 226 g/mol. The van der Waals surface area contributed by atoms with Crippen LogP contribution in [0.3, 0.4) is 0 Å². The van der Waals surface area contributed by atoms with Gasteiger partial charge in [0, 0.05) is 12.7 Å². The van der Waals surface area contributed by atoms with Crippen LogP contribution in [0.15, 0.2) is 18.2 Å². The molecule has 0 atom stereocenters. The van der Waals surface area contributed by atoms with E-state index >= 15 is 0 Å². The van der Waals surface area contributed by atoms with Gasteiger partial charge in [0.05, 0.1) is 12.2 Å². The van der Waals surface area contributed by atoms with Gasteiger partial charge >= 0.3 is 0 Å². The number of hydrogen-bond acceptors (Lipinski definition) is 4. The number of hydrogen-bond donors (Lipinski definition) is 2. The predicted octanol–water partition coefficient (Wildman–Crippen LogP) is 1.39. The maximum Gasteiger partial charge on any atom is 0.188 e. The fourth-order valence-corrected chi connectivity index (χ4v) is 1.65. The van der Waals surface area contributed by atoms with Gasteiger partial charge in [0.1, 0.15) is 5.75 Å². The van der Waals surface area contributed by atoms with Crippen molar-refractivity contribution in [3.05, 3.63) is 29.3 Å². The van der Waals surface area contributed by atoms with Crippen molar-refractivity contribution in [3.63, 3.8) is 0 Å². The molecule has 2 N–H and O–H groups in total. The van der Waals surface area contributed by atoms with E-state index in [9.17, 15) is 10.2 Å². The van der Waals surface area contributed by atoms with Gasteiger partial charge in [0.25, 0.3) is 0 Å². The van der Waals surface area contributed by atoms with Gasteiger partial charge in [-0.25, -0.2) is 0 Å². The molecule has 0 saturated heterocycles. The molecule has 4 nitrogen and oxygen atoms in total. The summed E-state index contributed by atoms with van der Waals surface area (Å²) in [6, 6.07) is 5.27. The molecular formula is C12H18O4. The van der Waals surface area contributed by atoms with Crippen molar-refractivity contribution in [2.45, 2.75) is 26.1 Å². The van der Waals surface area contributed by atoms with Crippen LogP contribution in [0.4, 0.5) is 0 Å². The molecule has 0 bridgehead atoms. The molecule has 16 heavy (non-hydrogen) atoms. The summed E-state index contributed by atoms with van der Waals surface area (Å²) in [5.41, 5.74) is 0.179. The minimum Gasteiger partial charge on any atom is -0.467 e. The summed E-state index contributed by atoms with van der Waals surface area (Å²) in [4.78, 5) is 0. The van der Waals surface area contributed by atoms with Gasteiger partial charge < -0.3 is 19.7 Å². The number of rotatable bonds is 5. The average molecular weight is 226 g/mol. The van der Waals surface area contributed by atoms with E-state index in [-0.39, 0.29) is 13.4 Å². The van der Waals surface area contributed by atoms with Gasteiger partial charge in [0.2, 0.25) is 0 Å². The molecule has 0 unspecified atom stereocenters. The zero-order valence-electron chi connectivity index (χ0n) is 9.86. The molecule has 0 aliphatic rings. The highest BCUT2D eigenvalue weighted by atomic mass is 16.7. The Kier molecular flexibility index (Phi) is 4.29. The van der Waals surface area contributed by atoms with Crippen LogP contribution in [-0.2, 0) is 16.9 Å². The largest absolute Gasteiger partial charge is 0.467 e. The van der Waals surface area contributed by atoms with Crippen LogP contribution < -0.4 is 4.74 Å². The normalized spacial score (nSPS) is 11.6. The second-order valence-corrected chi connectivity index (χ2v) is 4.06. The smallest absolute Gasteiger partial charge is 0.188 e. The Morgan fingerprint density at radius 2 is 2.00 bits per heavy atom. The van der Waals surface area contributed by atoms with Crippen molar-refractivity contribution in [3.8, 4) is 5.75 Å². The van der Waals surface area contributed by atoms with Gasteiger partial charge in [0.15, 0.2) is 6.79 Å². The third-order valence-electron chi connectivity index (χ3n) is 2.23. The summed E-state index contributed by atoms with van der Waals surface area (Å²) in [5, 5.41) is 19.3. The maximum atomic E-state index is 10.0. The highest BCUT2D eigenvalue weighted by Gasteiger charge is 2.24. The van der Waals surface area contributed by atoms with Gasteiger partial charge in [-0.1, -0.05) is 12.1 Å². The Labute approximate surface area is 95.4 Å². The third-order valence-corrected chi connectivity index (χ3v) is 2.23. The molecule has 0 radical (unpaired) electrons. The molecular weight excluding hydrogens is 208 g/mol. The molecule has 1 aromatic carbocycles. The van der Waals surface area contributed by atoms with Gasteiger partial charge in [-0.15, -0.1) is 0 Å². The molecule has 4 heteroatoms. The highest BCUT2D eigenvalue weighted by Crippen LogP contribution is 2.32. The van der Waals surface area contributed by atoms with E-state index in [0.717, 1.165) is 0 Å². The number of benzene rings is 1. The molecule has 0 aliphatic carbocycles. The minimum atomic E-state index is -1.07. The molecule has 0 aliphatic heterocycles. The minimum absolute atomic E-state index is 0.109. The predicted molar refractivity (Wildman–Crippen MR) is 60.1 cm³/mol. The number of aliphatic hydroxyl groups is 2. The fourth-order valence-electron chi connectivity index (χ4n) is 1.65. The lowest BCUT2D eigenvalue weighted by molar-refractivity contribution is 0.0383. The van der Waals surface area contributed by atoms with E-state index < -0.39 is 5.60 Å². The van der Waals surface area contributed by atoms with Gasteiger partial charge in [-0.2, -0.15) is 0 Å². The molecule has 0 fully saturated rings. The Hall–Kier alpha value is -1.10. The first-order valence-electron chi connectivity index (χ1n) is 5.08. The standard InChI is InChI=1S/C12H18O4/c1-12(2,14)11-9(7-13)5-4-6-10(11)16-8-15-3/h4-6,13-14H,7-8H2,1-3H3. The van der Waals surface area contributed by atoms with Crippen molar-refractivity contribution >= 4 is 0 Å². The Balaban J connectivity index is 3.16. The molecule has 0 aromatic heterocycles. The Morgan fingerprint density at radius 3 is 2.50 bits per heavy atom. The molecule has 1 aromatic rings. The number of ether oxygens (including phenoxy) is 2. The Morgan fingerprint density at radius 1 is 1.31 bits per heavy atom. The second-order valence-electron chi connectivity index (χ2n) is 4.06. The highest BCUT2D eigenvalue weighted by molar-refractivity contribution is 5.43. The lowest BCUT2D eigenvalue weighted by atomic mass is 9.92. The summed E-state index contributed by atoms with van der Waals surface area (Å²) >= 11 is 0. The van der Waals surface area contributed by atoms with Gasteiger partial charge in [-0.05, 0) is 25.5 Å². The van der Waals surface area contributed by atoms with Crippen molar-refractivity contribution in [2.24, 2.45) is 0 Å². The molecule has 0 saturated carbocycles. The molecule has 0 heterocycles. The first-order valence-corrected chi connectivity index (χ1v) is 5.08. The average Bonchev–Trinajstić information content (AvgIpc) is 2.24. The third kappa shape index (κ3) is 2.95. The maximum absolute atomic E-state index is 10.0. The summed E-state index contributed by atoms with van der Waals surface area (Å²) in [6.45, 7) is 3.28. The van der Waals surface area contributed by atoms with E-state index in [1.54, 1.807) is 32.0 Å².